The summed E-state index contributed by atoms with van der Waals surface area (Å²) in [7, 11) is 0. The van der Waals surface area contributed by atoms with Gasteiger partial charge in [0.15, 0.2) is 0 Å². The fourth-order valence-electron chi connectivity index (χ4n) is 2.55. The van der Waals surface area contributed by atoms with Crippen LogP contribution >= 0.6 is 11.8 Å². The van der Waals surface area contributed by atoms with E-state index in [1.54, 1.807) is 25.6 Å². The molecule has 3 rings (SSSR count). The number of carbonyl (C=O) groups is 1. The monoisotopic (exact) mass is 352 g/mol. The predicted octanol–water partition coefficient (Wildman–Crippen LogP) is 5.31. The fourth-order valence-corrected chi connectivity index (χ4v) is 3.55. The summed E-state index contributed by atoms with van der Waals surface area (Å²) in [6, 6.07) is 14.3. The molecule has 0 saturated carbocycles. The van der Waals surface area contributed by atoms with Crippen molar-refractivity contribution in [3.63, 3.8) is 0 Å². The molecule has 25 heavy (non-hydrogen) atoms. The number of benzene rings is 2. The van der Waals surface area contributed by atoms with Crippen LogP contribution < -0.4 is 5.32 Å². The van der Waals surface area contributed by atoms with Crippen LogP contribution in [0.3, 0.4) is 0 Å². The van der Waals surface area contributed by atoms with E-state index in [-0.39, 0.29) is 5.91 Å². The molecule has 4 nitrogen and oxygen atoms in total. The molecule has 128 valence electrons. The lowest BCUT2D eigenvalue weighted by molar-refractivity contribution is 0.102. The van der Waals surface area contributed by atoms with Gasteiger partial charge in [-0.25, -0.2) is 0 Å². The molecule has 1 N–H and O–H groups in total. The van der Waals surface area contributed by atoms with Crippen LogP contribution in [-0.4, -0.2) is 11.1 Å². The second kappa shape index (κ2) is 7.15. The highest BCUT2D eigenvalue weighted by molar-refractivity contribution is 7.99. The van der Waals surface area contributed by atoms with E-state index in [1.165, 1.54) is 16.0 Å². The molecule has 0 aliphatic carbocycles. The number of nitrogens with zero attached hydrogens (tertiary/aromatic N) is 1. The van der Waals surface area contributed by atoms with Gasteiger partial charge in [-0.1, -0.05) is 29.1 Å². The number of aromatic nitrogens is 1. The van der Waals surface area contributed by atoms with Crippen LogP contribution in [0, 0.1) is 27.7 Å². The Kier molecular flexibility index (Phi) is 4.95. The third kappa shape index (κ3) is 3.94. The minimum atomic E-state index is -0.203. The summed E-state index contributed by atoms with van der Waals surface area (Å²) in [6.07, 6.45) is 0. The van der Waals surface area contributed by atoms with Crippen LogP contribution in [0.15, 0.2) is 56.8 Å². The third-order valence-corrected chi connectivity index (χ3v) is 5.11. The molecule has 1 amide bonds. The largest absolute Gasteiger partial charge is 0.361 e. The van der Waals surface area contributed by atoms with Crippen molar-refractivity contribution < 1.29 is 9.32 Å². The van der Waals surface area contributed by atoms with Gasteiger partial charge in [0, 0.05) is 15.5 Å². The maximum Gasteiger partial charge on any atom is 0.261 e. The molecule has 0 spiro atoms. The topological polar surface area (TPSA) is 55.1 Å². The van der Waals surface area contributed by atoms with E-state index in [2.05, 4.69) is 42.5 Å². The number of amides is 1. The van der Waals surface area contributed by atoms with Crippen molar-refractivity contribution in [2.75, 3.05) is 5.32 Å². The van der Waals surface area contributed by atoms with Crippen molar-refractivity contribution in [2.24, 2.45) is 0 Å². The number of hydrogen-bond acceptors (Lipinski definition) is 4. The SMILES string of the molecule is Cc1ccc(C)c(Sc2ccc(NC(=O)c3c(C)noc3C)cc2)c1. The molecule has 3 aromatic rings. The molecule has 0 fully saturated rings. The molecule has 0 aliphatic heterocycles. The first-order chi connectivity index (χ1) is 11.9. The Labute approximate surface area is 151 Å². The van der Waals surface area contributed by atoms with Gasteiger partial charge < -0.3 is 9.84 Å². The van der Waals surface area contributed by atoms with E-state index < -0.39 is 0 Å². The standard InChI is InChI=1S/C20H20N2O2S/c1-12-5-6-13(2)18(11-12)25-17-9-7-16(8-10-17)21-20(23)19-14(3)22-24-15(19)4/h5-11H,1-4H3,(H,21,23). The highest BCUT2D eigenvalue weighted by Gasteiger charge is 2.17. The van der Waals surface area contributed by atoms with E-state index >= 15 is 0 Å². The smallest absolute Gasteiger partial charge is 0.261 e. The summed E-state index contributed by atoms with van der Waals surface area (Å²) in [5.74, 6) is 0.322. The van der Waals surface area contributed by atoms with Crippen molar-refractivity contribution >= 4 is 23.4 Å². The minimum absolute atomic E-state index is 0.203. The number of carbonyl (C=O) groups excluding carboxylic acids is 1. The average molecular weight is 352 g/mol. The van der Waals surface area contributed by atoms with E-state index in [0.717, 1.165) is 10.6 Å². The number of anilines is 1. The second-order valence-electron chi connectivity index (χ2n) is 6.05. The first-order valence-electron chi connectivity index (χ1n) is 8.03. The predicted molar refractivity (Wildman–Crippen MR) is 100 cm³/mol. The van der Waals surface area contributed by atoms with Crippen molar-refractivity contribution in [3.8, 4) is 0 Å². The maximum absolute atomic E-state index is 12.4. The number of hydrogen-bond donors (Lipinski definition) is 1. The molecule has 0 unspecified atom stereocenters. The molecule has 0 atom stereocenters. The molecule has 0 aliphatic rings. The lowest BCUT2D eigenvalue weighted by Gasteiger charge is -2.08. The molecule has 5 heteroatoms. The second-order valence-corrected chi connectivity index (χ2v) is 7.16. The van der Waals surface area contributed by atoms with Gasteiger partial charge in [-0.2, -0.15) is 0 Å². The summed E-state index contributed by atoms with van der Waals surface area (Å²) in [6.45, 7) is 7.70. The lowest BCUT2D eigenvalue weighted by Crippen LogP contribution is -2.13. The Balaban J connectivity index is 1.72. The Morgan fingerprint density at radius 2 is 1.76 bits per heavy atom. The fraction of sp³-hybridized carbons (Fsp3) is 0.200. The molecule has 1 heterocycles. The zero-order valence-electron chi connectivity index (χ0n) is 14.7. The number of aryl methyl sites for hydroxylation is 4. The zero-order valence-corrected chi connectivity index (χ0v) is 15.5. The van der Waals surface area contributed by atoms with Gasteiger partial charge in [-0.15, -0.1) is 0 Å². The lowest BCUT2D eigenvalue weighted by atomic mass is 10.2. The van der Waals surface area contributed by atoms with E-state index in [4.69, 9.17) is 4.52 Å². The first-order valence-corrected chi connectivity index (χ1v) is 8.85. The normalized spacial score (nSPS) is 10.7. The van der Waals surface area contributed by atoms with E-state index in [1.807, 2.05) is 24.3 Å². The van der Waals surface area contributed by atoms with Gasteiger partial charge in [0.1, 0.15) is 11.3 Å². The molecule has 0 saturated heterocycles. The molecule has 0 radical (unpaired) electrons. The summed E-state index contributed by atoms with van der Waals surface area (Å²) < 4.78 is 5.05. The molecule has 0 bridgehead atoms. The van der Waals surface area contributed by atoms with Crippen LogP contribution in [-0.2, 0) is 0 Å². The van der Waals surface area contributed by atoms with Crippen molar-refractivity contribution in [1.29, 1.82) is 0 Å². The minimum Gasteiger partial charge on any atom is -0.361 e. The van der Waals surface area contributed by atoms with E-state index in [9.17, 15) is 4.79 Å². The zero-order chi connectivity index (χ0) is 18.0. The van der Waals surface area contributed by atoms with Crippen LogP contribution in [0.2, 0.25) is 0 Å². The molecule has 2 aromatic carbocycles. The highest BCUT2D eigenvalue weighted by Crippen LogP contribution is 2.31. The molecular weight excluding hydrogens is 332 g/mol. The van der Waals surface area contributed by atoms with Gasteiger partial charge in [0.2, 0.25) is 0 Å². The summed E-state index contributed by atoms with van der Waals surface area (Å²) in [5, 5.41) is 6.71. The van der Waals surface area contributed by atoms with Gasteiger partial charge >= 0.3 is 0 Å². The first kappa shape index (κ1) is 17.3. The van der Waals surface area contributed by atoms with E-state index in [0.29, 0.717) is 17.0 Å². The quantitative estimate of drug-likeness (QED) is 0.691. The van der Waals surface area contributed by atoms with Crippen LogP contribution in [0.5, 0.6) is 0 Å². The summed E-state index contributed by atoms with van der Waals surface area (Å²) in [5.41, 5.74) is 4.34. The Morgan fingerprint density at radius 3 is 2.40 bits per heavy atom. The highest BCUT2D eigenvalue weighted by atomic mass is 32.2. The van der Waals surface area contributed by atoms with Crippen molar-refractivity contribution in [1.82, 2.24) is 5.16 Å². The molecule has 1 aromatic heterocycles. The third-order valence-electron chi connectivity index (χ3n) is 3.94. The van der Waals surface area contributed by atoms with Gasteiger partial charge in [0.05, 0.1) is 5.69 Å². The Bertz CT molecular complexity index is 894. The Hall–Kier alpha value is -2.53. The van der Waals surface area contributed by atoms with Gasteiger partial charge in [-0.3, -0.25) is 4.79 Å². The van der Waals surface area contributed by atoms with Crippen LogP contribution in [0.1, 0.15) is 32.9 Å². The van der Waals surface area contributed by atoms with Crippen LogP contribution in [0.25, 0.3) is 0 Å². The van der Waals surface area contributed by atoms with Crippen molar-refractivity contribution in [2.45, 2.75) is 37.5 Å². The number of rotatable bonds is 4. The number of nitrogens with one attached hydrogen (secondary N) is 1. The maximum atomic E-state index is 12.4. The molecular formula is C20H20N2O2S. The average Bonchev–Trinajstić information content (AvgIpc) is 2.91. The summed E-state index contributed by atoms with van der Waals surface area (Å²) in [4.78, 5) is 14.7. The van der Waals surface area contributed by atoms with Gasteiger partial charge in [0.25, 0.3) is 5.91 Å². The summed E-state index contributed by atoms with van der Waals surface area (Å²) >= 11 is 1.72. The van der Waals surface area contributed by atoms with Crippen LogP contribution in [0.4, 0.5) is 5.69 Å². The van der Waals surface area contributed by atoms with Crippen molar-refractivity contribution in [3.05, 3.63) is 70.6 Å². The Morgan fingerprint density at radius 1 is 1.04 bits per heavy atom. The van der Waals surface area contributed by atoms with Gasteiger partial charge in [-0.05, 0) is 69.2 Å².